The molecule has 1 amide bonds. The molecule has 0 N–H and O–H groups in total. The van der Waals surface area contributed by atoms with E-state index in [4.69, 9.17) is 21.1 Å². The van der Waals surface area contributed by atoms with Crippen molar-refractivity contribution in [3.05, 3.63) is 5.28 Å². The van der Waals surface area contributed by atoms with Crippen LogP contribution in [0.4, 0.5) is 16.4 Å². The highest BCUT2D eigenvalue weighted by atomic mass is 35.5. The van der Waals surface area contributed by atoms with Crippen molar-refractivity contribution in [2.24, 2.45) is 0 Å². The van der Waals surface area contributed by atoms with Crippen molar-refractivity contribution in [3.8, 4) is 5.75 Å². The third-order valence-electron chi connectivity index (χ3n) is 4.17. The van der Waals surface area contributed by atoms with Crippen LogP contribution in [0.1, 0.15) is 47.5 Å². The Labute approximate surface area is 153 Å². The number of halogens is 1. The molecule has 8 heteroatoms. The maximum atomic E-state index is 12.9. The molecule has 1 fully saturated rings. The summed E-state index contributed by atoms with van der Waals surface area (Å²) in [6.45, 7) is 11.4. The van der Waals surface area contributed by atoms with E-state index in [0.29, 0.717) is 24.0 Å². The summed E-state index contributed by atoms with van der Waals surface area (Å²) >= 11 is 6.17. The van der Waals surface area contributed by atoms with Gasteiger partial charge in [0.05, 0.1) is 5.54 Å². The Morgan fingerprint density at radius 2 is 1.80 bits per heavy atom. The first-order valence-corrected chi connectivity index (χ1v) is 8.95. The van der Waals surface area contributed by atoms with Crippen molar-refractivity contribution in [2.75, 3.05) is 29.5 Å². The number of nitrogens with zero attached hydrogens (tertiary/aromatic N) is 4. The van der Waals surface area contributed by atoms with Gasteiger partial charge in [-0.15, -0.1) is 0 Å². The maximum Gasteiger partial charge on any atom is 0.416 e. The van der Waals surface area contributed by atoms with E-state index in [-0.39, 0.29) is 5.28 Å². The van der Waals surface area contributed by atoms with Crippen LogP contribution < -0.4 is 14.5 Å². The average Bonchev–Trinajstić information content (AvgIpc) is 2.96. The molecule has 2 aliphatic heterocycles. The third kappa shape index (κ3) is 3.61. The van der Waals surface area contributed by atoms with Crippen LogP contribution in [0.5, 0.6) is 5.75 Å². The highest BCUT2D eigenvalue weighted by Crippen LogP contribution is 2.44. The van der Waals surface area contributed by atoms with Crippen molar-refractivity contribution in [1.29, 1.82) is 0 Å². The highest BCUT2D eigenvalue weighted by molar-refractivity contribution is 6.28. The second-order valence-corrected chi connectivity index (χ2v) is 8.42. The summed E-state index contributed by atoms with van der Waals surface area (Å²) in [5, 5.41) is 0.0931. The number of anilines is 2. The molecule has 1 aromatic rings. The Hall–Kier alpha value is -1.76. The van der Waals surface area contributed by atoms with Gasteiger partial charge in [-0.05, 0) is 59.1 Å². The summed E-state index contributed by atoms with van der Waals surface area (Å²) < 4.78 is 11.6. The summed E-state index contributed by atoms with van der Waals surface area (Å²) in [5.74, 6) is 1.51. The summed E-state index contributed by atoms with van der Waals surface area (Å²) in [6.07, 6.45) is 1.72. The molecule has 0 aromatic carbocycles. The molecule has 0 radical (unpaired) electrons. The second kappa shape index (κ2) is 6.20. The van der Waals surface area contributed by atoms with Crippen LogP contribution in [0.2, 0.25) is 5.28 Å². The molecule has 0 bridgehead atoms. The molecular weight excluding hydrogens is 344 g/mol. The lowest BCUT2D eigenvalue weighted by molar-refractivity contribution is 0.0505. The van der Waals surface area contributed by atoms with Gasteiger partial charge in [-0.25, -0.2) is 9.69 Å². The number of amides is 1. The topological polar surface area (TPSA) is 67.8 Å². The molecule has 3 rings (SSSR count). The molecule has 0 aliphatic carbocycles. The van der Waals surface area contributed by atoms with Crippen LogP contribution in [0, 0.1) is 0 Å². The lowest BCUT2D eigenvalue weighted by atomic mass is 10.0. The van der Waals surface area contributed by atoms with Gasteiger partial charge in [0.25, 0.3) is 0 Å². The van der Waals surface area contributed by atoms with Gasteiger partial charge in [-0.2, -0.15) is 9.97 Å². The molecule has 25 heavy (non-hydrogen) atoms. The van der Waals surface area contributed by atoms with Crippen LogP contribution in [0.15, 0.2) is 0 Å². The number of carbonyl (C=O) groups is 1. The van der Waals surface area contributed by atoms with E-state index >= 15 is 0 Å². The van der Waals surface area contributed by atoms with Gasteiger partial charge in [0.1, 0.15) is 12.2 Å². The van der Waals surface area contributed by atoms with Gasteiger partial charge in [-0.3, -0.25) is 0 Å². The van der Waals surface area contributed by atoms with Gasteiger partial charge in [0.2, 0.25) is 11.0 Å². The molecule has 0 atom stereocenters. The Balaban J connectivity index is 2.07. The smallest absolute Gasteiger partial charge is 0.416 e. The van der Waals surface area contributed by atoms with Gasteiger partial charge < -0.3 is 14.4 Å². The molecule has 3 heterocycles. The number of rotatable bonds is 1. The molecule has 0 spiro atoms. The normalized spacial score (nSPS) is 19.4. The molecule has 7 nitrogen and oxygen atoms in total. The molecule has 0 saturated carbocycles. The quantitative estimate of drug-likeness (QED) is 0.705. The average molecular weight is 369 g/mol. The fraction of sp³-hybridized carbons (Fsp3) is 0.706. The largest absolute Gasteiger partial charge is 0.484 e. The summed E-state index contributed by atoms with van der Waals surface area (Å²) in [7, 11) is 0. The SMILES string of the molecule is CC(C)(C)OC(=O)N1c2nc(Cl)nc(N3CCCC3)c2OCC1(C)C. The van der Waals surface area contributed by atoms with E-state index in [0.717, 1.165) is 25.9 Å². The first-order chi connectivity index (χ1) is 11.6. The van der Waals surface area contributed by atoms with Crippen molar-refractivity contribution in [2.45, 2.75) is 58.6 Å². The number of hydrogen-bond acceptors (Lipinski definition) is 6. The Morgan fingerprint density at radius 1 is 1.20 bits per heavy atom. The van der Waals surface area contributed by atoms with Crippen molar-refractivity contribution in [1.82, 2.24) is 9.97 Å². The number of aromatic nitrogens is 2. The summed E-state index contributed by atoms with van der Waals surface area (Å²) in [5.41, 5.74) is -1.23. The van der Waals surface area contributed by atoms with Crippen LogP contribution in [-0.4, -0.2) is 46.9 Å². The summed E-state index contributed by atoms with van der Waals surface area (Å²) in [6, 6.07) is 0. The minimum absolute atomic E-state index is 0.0931. The van der Waals surface area contributed by atoms with Crippen molar-refractivity contribution in [3.63, 3.8) is 0 Å². The lowest BCUT2D eigenvalue weighted by Crippen LogP contribution is -2.56. The van der Waals surface area contributed by atoms with Crippen molar-refractivity contribution >= 4 is 29.3 Å². The first kappa shape index (κ1) is 18.0. The van der Waals surface area contributed by atoms with Gasteiger partial charge in [-0.1, -0.05) is 0 Å². The van der Waals surface area contributed by atoms with Crippen LogP contribution in [-0.2, 0) is 4.74 Å². The molecule has 1 saturated heterocycles. The maximum absolute atomic E-state index is 12.9. The van der Waals surface area contributed by atoms with Gasteiger partial charge in [0, 0.05) is 13.1 Å². The first-order valence-electron chi connectivity index (χ1n) is 8.57. The fourth-order valence-corrected chi connectivity index (χ4v) is 3.23. The van der Waals surface area contributed by atoms with Crippen LogP contribution in [0.3, 0.4) is 0 Å². The molecular formula is C17H25ClN4O3. The van der Waals surface area contributed by atoms with Crippen LogP contribution in [0.25, 0.3) is 0 Å². The Bertz CT molecular complexity index is 681. The molecule has 1 aromatic heterocycles. The van der Waals surface area contributed by atoms with Gasteiger partial charge in [0.15, 0.2) is 11.6 Å². The number of fused-ring (bicyclic) bond motifs is 1. The minimum Gasteiger partial charge on any atom is -0.484 e. The van der Waals surface area contributed by atoms with Crippen molar-refractivity contribution < 1.29 is 14.3 Å². The minimum atomic E-state index is -0.616. The molecule has 138 valence electrons. The summed E-state index contributed by atoms with van der Waals surface area (Å²) in [4.78, 5) is 25.2. The number of hydrogen-bond donors (Lipinski definition) is 0. The predicted octanol–water partition coefficient (Wildman–Crippen LogP) is 3.64. The second-order valence-electron chi connectivity index (χ2n) is 8.08. The van der Waals surface area contributed by atoms with Crippen LogP contribution >= 0.6 is 11.6 Å². The number of ether oxygens (including phenoxy) is 2. The molecule has 0 unspecified atom stereocenters. The highest BCUT2D eigenvalue weighted by Gasteiger charge is 2.44. The predicted molar refractivity (Wildman–Crippen MR) is 96.8 cm³/mol. The Morgan fingerprint density at radius 3 is 2.40 bits per heavy atom. The van der Waals surface area contributed by atoms with Gasteiger partial charge >= 0.3 is 6.09 Å². The zero-order chi connectivity index (χ0) is 18.4. The lowest BCUT2D eigenvalue weighted by Gasteiger charge is -2.42. The number of carbonyl (C=O) groups excluding carboxylic acids is 1. The van der Waals surface area contributed by atoms with E-state index in [1.807, 2.05) is 34.6 Å². The monoisotopic (exact) mass is 368 g/mol. The zero-order valence-corrected chi connectivity index (χ0v) is 16.2. The van der Waals surface area contributed by atoms with E-state index in [2.05, 4.69) is 14.9 Å². The Kier molecular flexibility index (Phi) is 4.47. The fourth-order valence-electron chi connectivity index (χ4n) is 3.07. The zero-order valence-electron chi connectivity index (χ0n) is 15.4. The molecule has 2 aliphatic rings. The van der Waals surface area contributed by atoms with E-state index in [1.54, 1.807) is 0 Å². The third-order valence-corrected chi connectivity index (χ3v) is 4.34. The van der Waals surface area contributed by atoms with E-state index in [1.165, 1.54) is 4.90 Å². The van der Waals surface area contributed by atoms with E-state index in [9.17, 15) is 4.79 Å². The standard InChI is InChI=1S/C17H25ClN4O3/c1-16(2,3)25-15(23)22-13-11(24-10-17(22,4)5)12(19-14(18)20-13)21-8-6-7-9-21/h6-10H2,1-5H3. The van der Waals surface area contributed by atoms with E-state index < -0.39 is 17.2 Å².